The van der Waals surface area contributed by atoms with Gasteiger partial charge in [-0.3, -0.25) is 4.72 Å². The standard InChI is InChI=1S/C21H24N4O4S/c1-28-19-14-18(15-7-6-8-16(13-15)23-12-11-22)20(29-2)21(24-19)25-30(26,27)17-9-4-3-5-10-17/h3-10,13-14,23H,11-12,22H2,1-2H3,(H,24,25). The van der Waals surface area contributed by atoms with Crippen molar-refractivity contribution < 1.29 is 17.9 Å². The molecule has 0 amide bonds. The first kappa shape index (κ1) is 21.4. The summed E-state index contributed by atoms with van der Waals surface area (Å²) < 4.78 is 39.0. The summed E-state index contributed by atoms with van der Waals surface area (Å²) >= 11 is 0. The second-order valence-electron chi connectivity index (χ2n) is 6.31. The minimum absolute atomic E-state index is 0.0380. The highest BCUT2D eigenvalue weighted by molar-refractivity contribution is 7.92. The SMILES string of the molecule is COc1cc(-c2cccc(NCCN)c2)c(OC)c(NS(=O)(=O)c2ccccc2)n1. The van der Waals surface area contributed by atoms with Crippen LogP contribution in [0.4, 0.5) is 11.5 Å². The monoisotopic (exact) mass is 428 g/mol. The summed E-state index contributed by atoms with van der Waals surface area (Å²) in [6.07, 6.45) is 0. The smallest absolute Gasteiger partial charge is 0.263 e. The van der Waals surface area contributed by atoms with E-state index in [2.05, 4.69) is 15.0 Å². The van der Waals surface area contributed by atoms with Crippen molar-refractivity contribution in [2.45, 2.75) is 4.90 Å². The molecule has 3 aromatic rings. The Bertz CT molecular complexity index is 1110. The van der Waals surface area contributed by atoms with Crippen LogP contribution in [0.25, 0.3) is 11.1 Å². The first-order chi connectivity index (χ1) is 14.5. The van der Waals surface area contributed by atoms with E-state index in [1.807, 2.05) is 24.3 Å². The molecule has 0 bridgehead atoms. The lowest BCUT2D eigenvalue weighted by Crippen LogP contribution is -2.15. The molecule has 0 aliphatic heterocycles. The molecule has 2 aromatic carbocycles. The van der Waals surface area contributed by atoms with Gasteiger partial charge in [0, 0.05) is 30.4 Å². The third-order valence-electron chi connectivity index (χ3n) is 4.29. The fourth-order valence-electron chi connectivity index (χ4n) is 2.90. The van der Waals surface area contributed by atoms with Gasteiger partial charge in [-0.25, -0.2) is 8.42 Å². The normalized spacial score (nSPS) is 11.0. The summed E-state index contributed by atoms with van der Waals surface area (Å²) in [7, 11) is -0.937. The molecule has 158 valence electrons. The average Bonchev–Trinajstić information content (AvgIpc) is 2.77. The van der Waals surface area contributed by atoms with Crippen LogP contribution in [0.3, 0.4) is 0 Å². The van der Waals surface area contributed by atoms with Crippen LogP contribution in [-0.4, -0.2) is 40.7 Å². The number of rotatable bonds is 9. The highest BCUT2D eigenvalue weighted by Crippen LogP contribution is 2.39. The third kappa shape index (κ3) is 4.81. The van der Waals surface area contributed by atoms with Crippen molar-refractivity contribution in [1.82, 2.24) is 4.98 Å². The molecule has 0 aliphatic rings. The van der Waals surface area contributed by atoms with E-state index in [9.17, 15) is 8.42 Å². The number of aromatic nitrogens is 1. The number of hydrogen-bond donors (Lipinski definition) is 3. The summed E-state index contributed by atoms with van der Waals surface area (Å²) in [5.74, 6) is 0.569. The fourth-order valence-corrected chi connectivity index (χ4v) is 3.93. The summed E-state index contributed by atoms with van der Waals surface area (Å²) in [6.45, 7) is 1.13. The molecule has 30 heavy (non-hydrogen) atoms. The fraction of sp³-hybridized carbons (Fsp3) is 0.190. The average molecular weight is 429 g/mol. The highest BCUT2D eigenvalue weighted by atomic mass is 32.2. The first-order valence-electron chi connectivity index (χ1n) is 9.23. The van der Waals surface area contributed by atoms with Gasteiger partial charge >= 0.3 is 0 Å². The quantitative estimate of drug-likeness (QED) is 0.480. The number of methoxy groups -OCH3 is 2. The Hall–Kier alpha value is -3.30. The molecule has 0 radical (unpaired) electrons. The van der Waals surface area contributed by atoms with Crippen molar-refractivity contribution >= 4 is 21.5 Å². The number of nitrogens with zero attached hydrogens (tertiary/aromatic N) is 1. The van der Waals surface area contributed by atoms with Gasteiger partial charge < -0.3 is 20.5 Å². The van der Waals surface area contributed by atoms with Crippen LogP contribution in [0.5, 0.6) is 11.6 Å². The van der Waals surface area contributed by atoms with Crippen molar-refractivity contribution in [3.05, 3.63) is 60.7 Å². The number of ether oxygens (including phenoxy) is 2. The van der Waals surface area contributed by atoms with Crippen LogP contribution in [0.2, 0.25) is 0 Å². The minimum atomic E-state index is -3.86. The molecule has 0 aliphatic carbocycles. The zero-order chi connectivity index (χ0) is 21.6. The molecule has 9 heteroatoms. The van der Waals surface area contributed by atoms with Gasteiger partial charge in [-0.15, -0.1) is 0 Å². The van der Waals surface area contributed by atoms with Gasteiger partial charge in [-0.1, -0.05) is 30.3 Å². The summed E-state index contributed by atoms with van der Waals surface area (Å²) in [6, 6.07) is 17.4. The van der Waals surface area contributed by atoms with E-state index in [0.717, 1.165) is 11.3 Å². The van der Waals surface area contributed by atoms with E-state index in [4.69, 9.17) is 15.2 Å². The Morgan fingerprint density at radius 3 is 2.43 bits per heavy atom. The molecule has 0 spiro atoms. The van der Waals surface area contributed by atoms with Crippen molar-refractivity contribution in [2.24, 2.45) is 5.73 Å². The predicted octanol–water partition coefficient (Wildman–Crippen LogP) is 2.94. The molecule has 0 unspecified atom stereocenters. The van der Waals surface area contributed by atoms with Gasteiger partial charge in [0.25, 0.3) is 10.0 Å². The number of nitrogens with two attached hydrogens (primary N) is 1. The molecule has 0 saturated carbocycles. The Morgan fingerprint density at radius 2 is 1.77 bits per heavy atom. The van der Waals surface area contributed by atoms with E-state index in [-0.39, 0.29) is 22.3 Å². The van der Waals surface area contributed by atoms with Crippen molar-refractivity contribution in [1.29, 1.82) is 0 Å². The Morgan fingerprint density at radius 1 is 1.00 bits per heavy atom. The number of sulfonamides is 1. The maximum Gasteiger partial charge on any atom is 0.263 e. The molecule has 0 atom stereocenters. The molecule has 0 saturated heterocycles. The van der Waals surface area contributed by atoms with Gasteiger partial charge in [0.05, 0.1) is 19.1 Å². The Balaban J connectivity index is 2.08. The zero-order valence-corrected chi connectivity index (χ0v) is 17.6. The van der Waals surface area contributed by atoms with Gasteiger partial charge in [0.15, 0.2) is 11.6 Å². The molecular weight excluding hydrogens is 404 g/mol. The lowest BCUT2D eigenvalue weighted by atomic mass is 10.0. The largest absolute Gasteiger partial charge is 0.492 e. The van der Waals surface area contributed by atoms with Crippen molar-refractivity contribution in [3.8, 4) is 22.8 Å². The second-order valence-corrected chi connectivity index (χ2v) is 7.99. The highest BCUT2D eigenvalue weighted by Gasteiger charge is 2.22. The molecule has 1 heterocycles. The second kappa shape index (κ2) is 9.47. The number of anilines is 2. The van der Waals surface area contributed by atoms with E-state index < -0.39 is 10.0 Å². The van der Waals surface area contributed by atoms with Gasteiger partial charge in [0.2, 0.25) is 5.88 Å². The zero-order valence-electron chi connectivity index (χ0n) is 16.8. The van der Waals surface area contributed by atoms with Gasteiger partial charge in [-0.05, 0) is 29.8 Å². The van der Waals surface area contributed by atoms with Crippen molar-refractivity contribution in [2.75, 3.05) is 37.3 Å². The number of hydrogen-bond acceptors (Lipinski definition) is 7. The Labute approximate surface area is 176 Å². The van der Waals surface area contributed by atoms with Gasteiger partial charge in [0.1, 0.15) is 0 Å². The molecule has 8 nitrogen and oxygen atoms in total. The third-order valence-corrected chi connectivity index (χ3v) is 5.65. The van der Waals surface area contributed by atoms with E-state index in [1.165, 1.54) is 26.4 Å². The van der Waals surface area contributed by atoms with Crippen LogP contribution in [0.1, 0.15) is 0 Å². The number of pyridine rings is 1. The van der Waals surface area contributed by atoms with E-state index >= 15 is 0 Å². The molecule has 4 N–H and O–H groups in total. The number of nitrogens with one attached hydrogen (secondary N) is 2. The van der Waals surface area contributed by atoms with Gasteiger partial charge in [-0.2, -0.15) is 4.98 Å². The van der Waals surface area contributed by atoms with E-state index in [1.54, 1.807) is 24.3 Å². The van der Waals surface area contributed by atoms with Crippen molar-refractivity contribution in [3.63, 3.8) is 0 Å². The number of benzene rings is 2. The first-order valence-corrected chi connectivity index (χ1v) is 10.7. The lowest BCUT2D eigenvalue weighted by molar-refractivity contribution is 0.390. The van der Waals surface area contributed by atoms with Crippen LogP contribution >= 0.6 is 0 Å². The maximum absolute atomic E-state index is 12.8. The molecular formula is C21H24N4O4S. The predicted molar refractivity (Wildman–Crippen MR) is 118 cm³/mol. The Kier molecular flexibility index (Phi) is 6.76. The summed E-state index contributed by atoms with van der Waals surface area (Å²) in [4.78, 5) is 4.38. The van der Waals surface area contributed by atoms with Crippen LogP contribution < -0.4 is 25.2 Å². The van der Waals surface area contributed by atoms with E-state index in [0.29, 0.717) is 18.7 Å². The maximum atomic E-state index is 12.8. The van der Waals surface area contributed by atoms with Crippen LogP contribution in [-0.2, 0) is 10.0 Å². The molecule has 1 aromatic heterocycles. The topological polar surface area (TPSA) is 116 Å². The summed E-state index contributed by atoms with van der Waals surface area (Å²) in [5, 5.41) is 3.22. The lowest BCUT2D eigenvalue weighted by Gasteiger charge is -2.17. The van der Waals surface area contributed by atoms with Crippen LogP contribution in [0.15, 0.2) is 65.6 Å². The van der Waals surface area contributed by atoms with Crippen LogP contribution in [0, 0.1) is 0 Å². The summed E-state index contributed by atoms with van der Waals surface area (Å²) in [5.41, 5.74) is 7.87. The minimum Gasteiger partial charge on any atom is -0.492 e. The molecule has 0 fully saturated rings. The molecule has 3 rings (SSSR count).